The number of aliphatic carboxylic acids is 4. The number of aliphatic hydroxyl groups excluding tert-OH is 2. The molecule has 0 heterocycles. The lowest BCUT2D eigenvalue weighted by molar-refractivity contribution is -0.148. The Kier molecular flexibility index (Phi) is 16.0. The quantitative estimate of drug-likeness (QED) is 0.0282. The normalized spacial score (nSPS) is 23.4. The van der Waals surface area contributed by atoms with Gasteiger partial charge in [0.25, 0.3) is 0 Å². The Balaban J connectivity index is 1.42. The van der Waals surface area contributed by atoms with Crippen LogP contribution in [0.5, 0.6) is 17.2 Å². The number of hydrogen-bond acceptors (Lipinski definition) is 10. The third-order valence-electron chi connectivity index (χ3n) is 13.9. The number of allylic oxidation sites excluding steroid dienone is 1. The molecule has 4 atom stereocenters. The van der Waals surface area contributed by atoms with Crippen molar-refractivity contribution in [3.8, 4) is 17.2 Å². The highest BCUT2D eigenvalue weighted by Gasteiger charge is 2.62. The molecule has 61 heavy (non-hydrogen) atoms. The van der Waals surface area contributed by atoms with Gasteiger partial charge in [0, 0.05) is 23.6 Å². The van der Waals surface area contributed by atoms with Crippen molar-refractivity contribution in [1.29, 1.82) is 0 Å². The zero-order chi connectivity index (χ0) is 45.6. The van der Waals surface area contributed by atoms with Crippen LogP contribution in [-0.4, -0.2) is 87.6 Å². The van der Waals surface area contributed by atoms with Gasteiger partial charge in [-0.3, -0.25) is 19.2 Å². The molecule has 3 aliphatic rings. The SMILES string of the molecule is CC(C)(CCCCC1=C(CCCCCC2(C(=O)O)CC2Oc2cc(O)c(O)c(CCCCCC3(C(=O)O)CC3)c2CCCCC(C)(C)C(=O)O)C(O)=CC(O)C1(C)O)C(=O)O. The molecule has 4 unspecified atom stereocenters. The molecule has 1 aromatic rings. The number of aromatic hydroxyl groups is 2. The van der Waals surface area contributed by atoms with Crippen molar-refractivity contribution in [1.82, 2.24) is 0 Å². The van der Waals surface area contributed by atoms with Gasteiger partial charge in [0.05, 0.1) is 16.2 Å². The van der Waals surface area contributed by atoms with E-state index < -0.39 is 69.1 Å². The van der Waals surface area contributed by atoms with Crippen molar-refractivity contribution in [2.75, 3.05) is 0 Å². The van der Waals surface area contributed by atoms with Crippen LogP contribution in [0.3, 0.4) is 0 Å². The molecule has 4 rings (SSSR count). The average Bonchev–Trinajstić information content (AvgIpc) is 4.10. The maximum Gasteiger partial charge on any atom is 0.313 e. The van der Waals surface area contributed by atoms with E-state index in [1.54, 1.807) is 27.7 Å². The Labute approximate surface area is 359 Å². The topological polar surface area (TPSA) is 260 Å². The minimum atomic E-state index is -1.62. The highest BCUT2D eigenvalue weighted by Crippen LogP contribution is 2.54. The van der Waals surface area contributed by atoms with Crippen LogP contribution in [0, 0.1) is 21.7 Å². The number of hydrogen-bond donors (Lipinski definition) is 9. The number of carbonyl (C=O) groups is 4. The summed E-state index contributed by atoms with van der Waals surface area (Å²) in [5, 5.41) is 93.7. The van der Waals surface area contributed by atoms with Gasteiger partial charge in [-0.25, -0.2) is 0 Å². The first-order valence-electron chi connectivity index (χ1n) is 22.1. The molecular formula is C47H70O14. The van der Waals surface area contributed by atoms with Gasteiger partial charge < -0.3 is 50.7 Å². The molecule has 0 saturated heterocycles. The zero-order valence-electron chi connectivity index (χ0n) is 36.7. The van der Waals surface area contributed by atoms with Crippen LogP contribution < -0.4 is 4.74 Å². The number of benzene rings is 1. The molecule has 0 aliphatic heterocycles. The average molecular weight is 859 g/mol. The van der Waals surface area contributed by atoms with E-state index in [2.05, 4.69) is 0 Å². The Hall–Kier alpha value is -4.30. The van der Waals surface area contributed by atoms with Crippen molar-refractivity contribution in [3.63, 3.8) is 0 Å². The van der Waals surface area contributed by atoms with E-state index in [-0.39, 0.29) is 23.7 Å². The number of rotatable bonds is 28. The van der Waals surface area contributed by atoms with Crippen molar-refractivity contribution in [2.24, 2.45) is 21.7 Å². The molecule has 14 heteroatoms. The van der Waals surface area contributed by atoms with E-state index in [1.165, 1.54) is 19.1 Å². The summed E-state index contributed by atoms with van der Waals surface area (Å²) in [4.78, 5) is 47.7. The minimum Gasteiger partial charge on any atom is -0.508 e. The molecule has 1 aromatic carbocycles. The summed E-state index contributed by atoms with van der Waals surface area (Å²) in [6.45, 7) is 8.13. The molecule has 0 bridgehead atoms. The number of ether oxygens (including phenoxy) is 1. The molecule has 2 fully saturated rings. The second kappa shape index (κ2) is 19.8. The lowest BCUT2D eigenvalue weighted by atomic mass is 9.77. The van der Waals surface area contributed by atoms with Gasteiger partial charge in [0.2, 0.25) is 0 Å². The molecule has 14 nitrogen and oxygen atoms in total. The van der Waals surface area contributed by atoms with Crippen LogP contribution in [0.1, 0.15) is 168 Å². The number of unbranched alkanes of at least 4 members (excludes halogenated alkanes) is 6. The minimum absolute atomic E-state index is 0.111. The molecule has 0 amide bonds. The van der Waals surface area contributed by atoms with Crippen molar-refractivity contribution in [2.45, 2.75) is 187 Å². The molecule has 2 saturated carbocycles. The van der Waals surface area contributed by atoms with E-state index in [0.29, 0.717) is 151 Å². The van der Waals surface area contributed by atoms with Crippen LogP contribution >= 0.6 is 0 Å². The van der Waals surface area contributed by atoms with Crippen molar-refractivity contribution < 1.29 is 69.9 Å². The molecule has 0 aromatic heterocycles. The maximum atomic E-state index is 12.8. The maximum absolute atomic E-state index is 12.8. The number of phenols is 2. The molecule has 342 valence electrons. The fourth-order valence-corrected chi connectivity index (χ4v) is 8.82. The Morgan fingerprint density at radius 1 is 0.705 bits per heavy atom. The molecule has 9 N–H and O–H groups in total. The smallest absolute Gasteiger partial charge is 0.313 e. The number of aliphatic hydroxyl groups is 3. The summed E-state index contributed by atoms with van der Waals surface area (Å²) in [6.07, 6.45) is 9.95. The van der Waals surface area contributed by atoms with Gasteiger partial charge in [-0.15, -0.1) is 0 Å². The first-order valence-corrected chi connectivity index (χ1v) is 22.1. The van der Waals surface area contributed by atoms with Gasteiger partial charge in [0.15, 0.2) is 11.5 Å². The highest BCUT2D eigenvalue weighted by molar-refractivity contribution is 5.79. The molecule has 3 aliphatic carbocycles. The summed E-state index contributed by atoms with van der Waals surface area (Å²) in [6, 6.07) is 1.32. The predicted molar refractivity (Wildman–Crippen MR) is 227 cm³/mol. The third-order valence-corrected chi connectivity index (χ3v) is 13.9. The van der Waals surface area contributed by atoms with E-state index >= 15 is 0 Å². The summed E-state index contributed by atoms with van der Waals surface area (Å²) >= 11 is 0. The first kappa shape index (κ1) is 49.4. The summed E-state index contributed by atoms with van der Waals surface area (Å²) < 4.78 is 6.40. The fourth-order valence-electron chi connectivity index (χ4n) is 8.82. The van der Waals surface area contributed by atoms with E-state index in [9.17, 15) is 65.1 Å². The van der Waals surface area contributed by atoms with Crippen LogP contribution in [0.4, 0.5) is 0 Å². The van der Waals surface area contributed by atoms with Crippen LogP contribution in [0.2, 0.25) is 0 Å². The highest BCUT2D eigenvalue weighted by atomic mass is 16.5. The second-order valence-electron chi connectivity index (χ2n) is 19.6. The Morgan fingerprint density at radius 3 is 1.77 bits per heavy atom. The van der Waals surface area contributed by atoms with Gasteiger partial charge >= 0.3 is 23.9 Å². The lowest BCUT2D eigenvalue weighted by Crippen LogP contribution is -2.43. The van der Waals surface area contributed by atoms with E-state index in [4.69, 9.17) is 4.74 Å². The number of phenolic OH excluding ortho intramolecular Hbond substituents is 2. The van der Waals surface area contributed by atoms with Crippen LogP contribution in [0.25, 0.3) is 0 Å². The van der Waals surface area contributed by atoms with Crippen LogP contribution in [-0.2, 0) is 32.0 Å². The van der Waals surface area contributed by atoms with Gasteiger partial charge in [-0.2, -0.15) is 0 Å². The monoisotopic (exact) mass is 858 g/mol. The Bertz CT molecular complexity index is 1830. The van der Waals surface area contributed by atoms with Crippen molar-refractivity contribution in [3.05, 3.63) is 40.2 Å². The van der Waals surface area contributed by atoms with E-state index in [0.717, 1.165) is 0 Å². The summed E-state index contributed by atoms with van der Waals surface area (Å²) in [5.41, 5.74) is -3.11. The molecular weight excluding hydrogens is 789 g/mol. The van der Waals surface area contributed by atoms with Gasteiger partial charge in [-0.1, -0.05) is 38.5 Å². The predicted octanol–water partition coefficient (Wildman–Crippen LogP) is 8.60. The van der Waals surface area contributed by atoms with E-state index in [1.807, 2.05) is 0 Å². The lowest BCUT2D eigenvalue weighted by Gasteiger charge is -2.36. The van der Waals surface area contributed by atoms with Gasteiger partial charge in [0.1, 0.15) is 34.7 Å². The summed E-state index contributed by atoms with van der Waals surface area (Å²) in [5.74, 6) is -4.09. The molecule has 0 spiro atoms. The molecule has 0 radical (unpaired) electrons. The second-order valence-corrected chi connectivity index (χ2v) is 19.6. The summed E-state index contributed by atoms with van der Waals surface area (Å²) in [7, 11) is 0. The van der Waals surface area contributed by atoms with Crippen LogP contribution in [0.15, 0.2) is 29.0 Å². The van der Waals surface area contributed by atoms with Gasteiger partial charge in [-0.05, 0) is 142 Å². The standard InChI is InChI=1S/C47H70O14/c1-43(2,39(52)53)20-14-10-16-29-30(17-8-6-12-22-46(24-25-46)41(56)57)38(51)34(49)26-35(29)61-37-28-47(37,42(58)59)23-13-7-9-18-31-32(45(5,60)36(50)27-33(31)48)19-11-15-21-44(3,4)40(54)55/h26-27,36-37,48-51,60H,6-25,28H2,1-5H3,(H,52,53)(H,54,55)(H,56,57)(H,58,59). The third kappa shape index (κ3) is 12.0. The zero-order valence-corrected chi connectivity index (χ0v) is 36.7. The largest absolute Gasteiger partial charge is 0.508 e. The fraction of sp³-hybridized carbons (Fsp3) is 0.702. The Morgan fingerprint density at radius 2 is 1.23 bits per heavy atom. The van der Waals surface area contributed by atoms with Crippen molar-refractivity contribution >= 4 is 23.9 Å². The number of carboxylic acids is 4. The number of carboxylic acid groups (broad SMARTS) is 4. The first-order chi connectivity index (χ1) is 28.4.